The van der Waals surface area contributed by atoms with Gasteiger partial charge in [-0.05, 0) is 11.6 Å². The van der Waals surface area contributed by atoms with Gasteiger partial charge in [-0.25, -0.2) is 4.98 Å². The number of nitrogen functional groups attached to an aromatic ring is 1. The first-order valence-corrected chi connectivity index (χ1v) is 7.33. The van der Waals surface area contributed by atoms with Crippen LogP contribution in [0.25, 0.3) is 11.2 Å². The monoisotopic (exact) mass is 353 g/mol. The topological polar surface area (TPSA) is 88.1 Å². The van der Waals surface area contributed by atoms with Gasteiger partial charge in [0.15, 0.2) is 22.3 Å². The van der Waals surface area contributed by atoms with E-state index in [4.69, 9.17) is 38.4 Å². The zero-order valence-electron chi connectivity index (χ0n) is 12.4. The smallest absolute Gasteiger partial charge is 0.223 e. The summed E-state index contributed by atoms with van der Waals surface area (Å²) in [5, 5.41) is 0.752. The van der Waals surface area contributed by atoms with Crippen molar-refractivity contribution < 1.29 is 9.47 Å². The number of hydrogen-bond donors (Lipinski definition) is 1. The molecule has 0 aliphatic heterocycles. The molecule has 3 rings (SSSR count). The summed E-state index contributed by atoms with van der Waals surface area (Å²) in [6.07, 6.45) is 1.61. The summed E-state index contributed by atoms with van der Waals surface area (Å²) in [6.45, 7) is 0.419. The quantitative estimate of drug-likeness (QED) is 0.725. The van der Waals surface area contributed by atoms with Crippen molar-refractivity contribution in [1.29, 1.82) is 0 Å². The highest BCUT2D eigenvalue weighted by atomic mass is 35.5. The van der Waals surface area contributed by atoms with Gasteiger partial charge in [0, 0.05) is 11.1 Å². The molecule has 0 atom stereocenters. The lowest BCUT2D eigenvalue weighted by molar-refractivity contribution is 0.354. The third-order valence-corrected chi connectivity index (χ3v) is 3.95. The number of fused-ring (bicyclic) bond motifs is 1. The van der Waals surface area contributed by atoms with E-state index in [1.54, 1.807) is 37.2 Å². The number of halogens is 2. The molecule has 2 N–H and O–H groups in total. The molecule has 0 bridgehead atoms. The summed E-state index contributed by atoms with van der Waals surface area (Å²) in [7, 11) is 3.12. The molecule has 7 nitrogen and oxygen atoms in total. The van der Waals surface area contributed by atoms with E-state index in [0.717, 1.165) is 5.56 Å². The van der Waals surface area contributed by atoms with E-state index in [9.17, 15) is 0 Å². The van der Waals surface area contributed by atoms with Crippen LogP contribution in [0.4, 0.5) is 5.95 Å². The fraction of sp³-hybridized carbons (Fsp3) is 0.214. The number of benzene rings is 1. The van der Waals surface area contributed by atoms with Crippen LogP contribution in [0.2, 0.25) is 10.2 Å². The average Bonchev–Trinajstić information content (AvgIpc) is 2.92. The van der Waals surface area contributed by atoms with Crippen molar-refractivity contribution in [2.24, 2.45) is 0 Å². The van der Waals surface area contributed by atoms with E-state index in [1.807, 2.05) is 0 Å². The fourth-order valence-corrected chi connectivity index (χ4v) is 2.68. The van der Waals surface area contributed by atoms with Crippen molar-refractivity contribution >= 4 is 40.3 Å². The Hall–Kier alpha value is -2.25. The maximum absolute atomic E-state index is 6.31. The van der Waals surface area contributed by atoms with E-state index >= 15 is 0 Å². The minimum absolute atomic E-state index is 0.0858. The molecule has 0 spiro atoms. The van der Waals surface area contributed by atoms with Gasteiger partial charge in [-0.1, -0.05) is 23.2 Å². The van der Waals surface area contributed by atoms with E-state index in [1.165, 1.54) is 0 Å². The van der Waals surface area contributed by atoms with Gasteiger partial charge < -0.3 is 19.8 Å². The summed E-state index contributed by atoms with van der Waals surface area (Å²) in [6, 6.07) is 3.50. The lowest BCUT2D eigenvalue weighted by Crippen LogP contribution is -2.03. The van der Waals surface area contributed by atoms with Crippen LogP contribution in [0.1, 0.15) is 5.56 Å². The second kappa shape index (κ2) is 6.10. The number of methoxy groups -OCH3 is 2. The molecule has 0 radical (unpaired) electrons. The predicted octanol–water partition coefficient (Wildman–Crippen LogP) is 2.78. The Morgan fingerprint density at radius 2 is 1.83 bits per heavy atom. The lowest BCUT2D eigenvalue weighted by atomic mass is 10.2. The van der Waals surface area contributed by atoms with Crippen LogP contribution in [0.15, 0.2) is 18.5 Å². The lowest BCUT2D eigenvalue weighted by Gasteiger charge is -2.12. The second-order valence-corrected chi connectivity index (χ2v) is 5.48. The Morgan fingerprint density at radius 1 is 1.13 bits per heavy atom. The van der Waals surface area contributed by atoms with Gasteiger partial charge in [0.25, 0.3) is 0 Å². The molecule has 0 amide bonds. The summed E-state index contributed by atoms with van der Waals surface area (Å²) in [5.74, 6) is 1.23. The van der Waals surface area contributed by atoms with Gasteiger partial charge in [-0.15, -0.1) is 0 Å². The van der Waals surface area contributed by atoms with Gasteiger partial charge >= 0.3 is 0 Å². The van der Waals surface area contributed by atoms with Crippen molar-refractivity contribution in [3.8, 4) is 11.5 Å². The van der Waals surface area contributed by atoms with Crippen molar-refractivity contribution in [2.45, 2.75) is 6.54 Å². The Balaban J connectivity index is 2.06. The highest BCUT2D eigenvalue weighted by Gasteiger charge is 2.14. The standard InChI is InChI=1S/C14H13Cl2N5O2/c1-22-9-3-7(8(15)4-10(9)23-2)5-21-6-18-11-12(16)19-14(17)20-13(11)21/h3-4,6H,5H2,1-2H3,(H2,17,19,20). The minimum atomic E-state index is 0.0858. The number of ether oxygens (including phenoxy) is 2. The molecule has 120 valence electrons. The van der Waals surface area contributed by atoms with Gasteiger partial charge in [0.2, 0.25) is 5.95 Å². The molecule has 0 saturated carbocycles. The summed E-state index contributed by atoms with van der Waals surface area (Å²) in [5.41, 5.74) is 7.49. The number of nitrogens with zero attached hydrogens (tertiary/aromatic N) is 4. The summed E-state index contributed by atoms with van der Waals surface area (Å²) >= 11 is 12.3. The van der Waals surface area contributed by atoms with Crippen LogP contribution in [0.3, 0.4) is 0 Å². The molecule has 3 aromatic rings. The average molecular weight is 354 g/mol. The molecular weight excluding hydrogens is 341 g/mol. The van der Waals surface area contributed by atoms with E-state index < -0.39 is 0 Å². The molecule has 0 unspecified atom stereocenters. The zero-order valence-corrected chi connectivity index (χ0v) is 13.9. The summed E-state index contributed by atoms with van der Waals surface area (Å²) < 4.78 is 12.3. The highest BCUT2D eigenvalue weighted by molar-refractivity contribution is 6.33. The van der Waals surface area contributed by atoms with Crippen LogP contribution < -0.4 is 15.2 Å². The number of hydrogen-bond acceptors (Lipinski definition) is 6. The fourth-order valence-electron chi connectivity index (χ4n) is 2.24. The molecule has 0 aliphatic rings. The third-order valence-electron chi connectivity index (χ3n) is 3.33. The Kier molecular flexibility index (Phi) is 4.14. The number of imidazole rings is 1. The van der Waals surface area contributed by atoms with Crippen molar-refractivity contribution in [1.82, 2.24) is 19.5 Å². The Morgan fingerprint density at radius 3 is 2.52 bits per heavy atom. The number of aromatic nitrogens is 4. The van der Waals surface area contributed by atoms with Gasteiger partial charge in [-0.2, -0.15) is 9.97 Å². The SMILES string of the molecule is COc1cc(Cl)c(Cn2cnc3c(Cl)nc(N)nc32)cc1OC. The van der Waals surface area contributed by atoms with Gasteiger partial charge in [-0.3, -0.25) is 0 Å². The largest absolute Gasteiger partial charge is 0.493 e. The van der Waals surface area contributed by atoms with E-state index in [-0.39, 0.29) is 11.1 Å². The first-order chi connectivity index (χ1) is 11.0. The second-order valence-electron chi connectivity index (χ2n) is 4.72. The van der Waals surface area contributed by atoms with Crippen molar-refractivity contribution in [3.05, 3.63) is 34.2 Å². The molecule has 9 heteroatoms. The molecule has 23 heavy (non-hydrogen) atoms. The molecule has 0 saturated heterocycles. The van der Waals surface area contributed by atoms with Crippen LogP contribution in [-0.4, -0.2) is 33.7 Å². The molecule has 2 aromatic heterocycles. The molecule has 0 aliphatic carbocycles. The maximum atomic E-state index is 6.31. The Labute approximate surface area is 142 Å². The number of anilines is 1. The van der Waals surface area contributed by atoms with Crippen molar-refractivity contribution in [3.63, 3.8) is 0 Å². The minimum Gasteiger partial charge on any atom is -0.493 e. The summed E-state index contributed by atoms with van der Waals surface area (Å²) in [4.78, 5) is 12.3. The van der Waals surface area contributed by atoms with Crippen LogP contribution in [0, 0.1) is 0 Å². The highest BCUT2D eigenvalue weighted by Crippen LogP contribution is 2.33. The predicted molar refractivity (Wildman–Crippen MR) is 88.4 cm³/mol. The first-order valence-electron chi connectivity index (χ1n) is 6.57. The van der Waals surface area contributed by atoms with Crippen LogP contribution in [-0.2, 0) is 6.54 Å². The van der Waals surface area contributed by atoms with Crippen LogP contribution in [0.5, 0.6) is 11.5 Å². The maximum Gasteiger partial charge on any atom is 0.223 e. The van der Waals surface area contributed by atoms with Crippen molar-refractivity contribution in [2.75, 3.05) is 20.0 Å². The molecule has 1 aromatic carbocycles. The Bertz CT molecular complexity index is 881. The first kappa shape index (κ1) is 15.6. The van der Waals surface area contributed by atoms with Crippen LogP contribution >= 0.6 is 23.2 Å². The zero-order chi connectivity index (χ0) is 16.6. The van der Waals surface area contributed by atoms with Gasteiger partial charge in [0.05, 0.1) is 27.1 Å². The normalized spacial score (nSPS) is 11.0. The third kappa shape index (κ3) is 2.85. The van der Waals surface area contributed by atoms with E-state index in [0.29, 0.717) is 34.2 Å². The molecule has 2 heterocycles. The number of rotatable bonds is 4. The molecule has 0 fully saturated rings. The molecular formula is C14H13Cl2N5O2. The van der Waals surface area contributed by atoms with E-state index in [2.05, 4.69) is 15.0 Å². The number of nitrogens with two attached hydrogens (primary N) is 1. The van der Waals surface area contributed by atoms with Gasteiger partial charge in [0.1, 0.15) is 5.52 Å².